The van der Waals surface area contributed by atoms with Crippen molar-refractivity contribution in [3.8, 4) is 0 Å². The van der Waals surface area contributed by atoms with Crippen molar-refractivity contribution in [2.45, 2.75) is 0 Å². The molecule has 0 rings (SSSR count). The van der Waals surface area contributed by atoms with E-state index in [4.69, 9.17) is 20.4 Å². The fourth-order valence-corrected chi connectivity index (χ4v) is 1.48. The predicted molar refractivity (Wildman–Crippen MR) is 63.4 cm³/mol. The van der Waals surface area contributed by atoms with Gasteiger partial charge in [-0.25, -0.2) is 0 Å². The summed E-state index contributed by atoms with van der Waals surface area (Å²) in [5, 5.41) is 34.5. The van der Waals surface area contributed by atoms with E-state index >= 15 is 0 Å². The Labute approximate surface area is 134 Å². The van der Waals surface area contributed by atoms with Gasteiger partial charge in [0.1, 0.15) is 0 Å². The smallest absolute Gasteiger partial charge is 0.317 e. The minimum atomic E-state index is -1.23. The van der Waals surface area contributed by atoms with Crippen LogP contribution in [0.5, 0.6) is 0 Å². The normalized spacial score (nSPS) is 10.2. The Morgan fingerprint density at radius 1 is 0.571 bits per heavy atom. The first kappa shape index (κ1) is 21.8. The summed E-state index contributed by atoms with van der Waals surface area (Å²) in [6.07, 6.45) is 0. The van der Waals surface area contributed by atoms with E-state index in [1.807, 2.05) is 0 Å². The van der Waals surface area contributed by atoms with Crippen molar-refractivity contribution in [2.24, 2.45) is 0 Å². The number of carboxylic acid groups (broad SMARTS) is 4. The summed E-state index contributed by atoms with van der Waals surface area (Å²) in [4.78, 5) is 44.4. The molecule has 21 heavy (non-hydrogen) atoms. The summed E-state index contributed by atoms with van der Waals surface area (Å²) in [5.74, 6) is -4.91. The summed E-state index contributed by atoms with van der Waals surface area (Å²) < 4.78 is 0. The molecule has 0 bridgehead atoms. The van der Waals surface area contributed by atoms with Crippen LogP contribution in [-0.2, 0) is 40.2 Å². The van der Waals surface area contributed by atoms with Crippen molar-refractivity contribution < 1.29 is 60.7 Å². The zero-order valence-electron chi connectivity index (χ0n) is 10.9. The van der Waals surface area contributed by atoms with Crippen molar-refractivity contribution in [1.82, 2.24) is 9.80 Å². The van der Waals surface area contributed by atoms with Crippen LogP contribution in [0.25, 0.3) is 0 Å². The molecule has 0 unspecified atom stereocenters. The molecule has 0 aliphatic heterocycles. The number of aliphatic carboxylic acids is 4. The Hall–Kier alpha value is -1.51. The van der Waals surface area contributed by atoms with Crippen molar-refractivity contribution in [2.75, 3.05) is 39.3 Å². The Morgan fingerprint density at radius 3 is 0.905 bits per heavy atom. The number of carboxylic acids is 4. The van der Waals surface area contributed by atoms with Crippen molar-refractivity contribution >= 4 is 23.9 Å². The van der Waals surface area contributed by atoms with Crippen molar-refractivity contribution in [3.05, 3.63) is 0 Å². The van der Waals surface area contributed by atoms with Gasteiger partial charge in [0.2, 0.25) is 0 Å². The first-order valence-electron chi connectivity index (χ1n) is 5.52. The second-order valence-corrected chi connectivity index (χ2v) is 4.00. The Morgan fingerprint density at radius 2 is 0.762 bits per heavy atom. The molecule has 124 valence electrons. The third kappa shape index (κ3) is 13.2. The van der Waals surface area contributed by atoms with E-state index in [0.717, 1.165) is 9.80 Å². The van der Waals surface area contributed by atoms with E-state index in [1.165, 1.54) is 0 Å². The van der Waals surface area contributed by atoms with Gasteiger partial charge < -0.3 is 20.4 Å². The number of nitrogens with zero attached hydrogens (tertiary/aromatic N) is 2. The summed E-state index contributed by atoms with van der Waals surface area (Å²) in [5.41, 5.74) is 0. The molecule has 4 N–H and O–H groups in total. The summed E-state index contributed by atoms with van der Waals surface area (Å²) in [6.45, 7) is -2.25. The molecule has 0 aromatic carbocycles. The van der Waals surface area contributed by atoms with Gasteiger partial charge in [0, 0.05) is 34.2 Å². The molecule has 0 aromatic heterocycles. The molecule has 0 saturated carbocycles. The Kier molecular flexibility index (Phi) is 11.6. The standard InChI is InChI=1S/C10H16N2O8.Pt/c13-7(14)3-11(4-8(15)16)1-2-12(5-9(17)18)6-10(19)20;/h1-6H2,(H,13,14)(H,15,16)(H,17,18)(H,19,20);. The van der Waals surface area contributed by atoms with Gasteiger partial charge in [-0.1, -0.05) is 0 Å². The number of hydrogen-bond donors (Lipinski definition) is 4. The average Bonchev–Trinajstić information content (AvgIpc) is 2.22. The van der Waals surface area contributed by atoms with E-state index < -0.39 is 50.1 Å². The minimum Gasteiger partial charge on any atom is -0.480 e. The average molecular weight is 487 g/mol. The molecule has 11 heteroatoms. The van der Waals surface area contributed by atoms with E-state index in [-0.39, 0.29) is 34.2 Å². The van der Waals surface area contributed by atoms with E-state index in [9.17, 15) is 19.2 Å². The van der Waals surface area contributed by atoms with Crippen LogP contribution in [0.3, 0.4) is 0 Å². The maximum absolute atomic E-state index is 10.6. The van der Waals surface area contributed by atoms with Gasteiger partial charge in [0.05, 0.1) is 26.2 Å². The van der Waals surface area contributed by atoms with E-state index in [2.05, 4.69) is 0 Å². The SMILES string of the molecule is O=C(O)CN(CCN(CC(=O)O)CC(=O)O)CC(=O)O.[Pt]. The molecule has 0 aromatic rings. The molecule has 0 aliphatic carbocycles. The molecule has 0 fully saturated rings. The third-order valence-corrected chi connectivity index (χ3v) is 2.17. The molecular formula is C10H16N2O8Pt. The number of rotatable bonds is 11. The first-order chi connectivity index (χ1) is 9.20. The minimum absolute atomic E-state index is 0. The molecule has 10 nitrogen and oxygen atoms in total. The van der Waals surface area contributed by atoms with Crippen LogP contribution in [0, 0.1) is 0 Å². The van der Waals surface area contributed by atoms with Crippen LogP contribution < -0.4 is 0 Å². The van der Waals surface area contributed by atoms with Gasteiger partial charge in [0.15, 0.2) is 0 Å². The second kappa shape index (κ2) is 11.2. The topological polar surface area (TPSA) is 156 Å². The van der Waals surface area contributed by atoms with Gasteiger partial charge in [-0.2, -0.15) is 0 Å². The molecule has 0 spiro atoms. The fourth-order valence-electron chi connectivity index (χ4n) is 1.48. The van der Waals surface area contributed by atoms with Crippen LogP contribution in [-0.4, -0.2) is 93.4 Å². The van der Waals surface area contributed by atoms with Gasteiger partial charge in [-0.15, -0.1) is 0 Å². The van der Waals surface area contributed by atoms with Gasteiger partial charge in [-0.05, 0) is 0 Å². The number of carbonyl (C=O) groups is 4. The summed E-state index contributed by atoms with van der Waals surface area (Å²) >= 11 is 0. The van der Waals surface area contributed by atoms with Gasteiger partial charge in [0.25, 0.3) is 0 Å². The largest absolute Gasteiger partial charge is 0.480 e. The van der Waals surface area contributed by atoms with Gasteiger partial charge in [-0.3, -0.25) is 29.0 Å². The first-order valence-corrected chi connectivity index (χ1v) is 5.52. The van der Waals surface area contributed by atoms with Crippen LogP contribution in [0.1, 0.15) is 0 Å². The fraction of sp³-hybridized carbons (Fsp3) is 0.600. The molecule has 0 heterocycles. The Balaban J connectivity index is 0. The molecule has 0 atom stereocenters. The molecular weight excluding hydrogens is 471 g/mol. The number of hydrogen-bond acceptors (Lipinski definition) is 6. The summed E-state index contributed by atoms with van der Waals surface area (Å²) in [7, 11) is 0. The van der Waals surface area contributed by atoms with Crippen LogP contribution in [0.15, 0.2) is 0 Å². The molecule has 0 amide bonds. The quantitative estimate of drug-likeness (QED) is 0.255. The Bertz CT molecular complexity index is 321. The monoisotopic (exact) mass is 487 g/mol. The summed E-state index contributed by atoms with van der Waals surface area (Å²) in [6, 6.07) is 0. The van der Waals surface area contributed by atoms with Crippen molar-refractivity contribution in [1.29, 1.82) is 0 Å². The van der Waals surface area contributed by atoms with Crippen LogP contribution in [0.4, 0.5) is 0 Å². The predicted octanol–water partition coefficient (Wildman–Crippen LogP) is -2.07. The molecule has 0 saturated heterocycles. The van der Waals surface area contributed by atoms with Crippen LogP contribution >= 0.6 is 0 Å². The van der Waals surface area contributed by atoms with Gasteiger partial charge >= 0.3 is 23.9 Å². The maximum Gasteiger partial charge on any atom is 0.317 e. The molecule has 0 radical (unpaired) electrons. The van der Waals surface area contributed by atoms with Crippen molar-refractivity contribution in [3.63, 3.8) is 0 Å². The van der Waals surface area contributed by atoms with E-state index in [0.29, 0.717) is 0 Å². The third-order valence-electron chi connectivity index (χ3n) is 2.17. The maximum atomic E-state index is 10.6. The zero-order valence-corrected chi connectivity index (χ0v) is 13.1. The molecule has 0 aliphatic rings. The second-order valence-electron chi connectivity index (χ2n) is 4.00. The van der Waals surface area contributed by atoms with Crippen LogP contribution in [0.2, 0.25) is 0 Å². The van der Waals surface area contributed by atoms with E-state index in [1.54, 1.807) is 0 Å². The zero-order chi connectivity index (χ0) is 15.7.